The lowest BCUT2D eigenvalue weighted by molar-refractivity contribution is 0.0781. The molecule has 0 fully saturated rings. The zero-order chi connectivity index (χ0) is 25.1. The Hall–Kier alpha value is -3.46. The van der Waals surface area contributed by atoms with E-state index in [0.29, 0.717) is 0 Å². The van der Waals surface area contributed by atoms with Crippen LogP contribution in [0, 0.1) is 6.92 Å². The molecule has 1 aromatic carbocycles. The lowest BCUT2D eigenvalue weighted by Crippen LogP contribution is -2.17. The first-order chi connectivity index (χ1) is 16.0. The quantitative estimate of drug-likeness (QED) is 0.428. The van der Waals surface area contributed by atoms with Gasteiger partial charge in [0, 0.05) is 12.4 Å². The normalized spacial score (nSPS) is 11.9. The molecule has 15 heteroatoms. The summed E-state index contributed by atoms with van der Waals surface area (Å²) >= 11 is 0. The van der Waals surface area contributed by atoms with Crippen LogP contribution in [0.25, 0.3) is 0 Å². The molecule has 0 atom stereocenters. The Morgan fingerprint density at radius 3 is 2.09 bits per heavy atom. The second kappa shape index (κ2) is 9.80. The molecule has 3 aromatic rings. The van der Waals surface area contributed by atoms with Gasteiger partial charge in [0.2, 0.25) is 11.7 Å². The van der Waals surface area contributed by atoms with Crippen molar-refractivity contribution < 1.29 is 39.8 Å². The van der Waals surface area contributed by atoms with Crippen LogP contribution in [0.3, 0.4) is 0 Å². The van der Waals surface area contributed by atoms with Gasteiger partial charge in [0.15, 0.2) is 0 Å². The molecule has 0 spiro atoms. The van der Waals surface area contributed by atoms with Gasteiger partial charge >= 0.3 is 0 Å². The zero-order valence-corrected chi connectivity index (χ0v) is 19.7. The third-order valence-electron chi connectivity index (χ3n) is 4.32. The van der Waals surface area contributed by atoms with Crippen molar-refractivity contribution in [1.29, 1.82) is 0 Å². The largest absolute Gasteiger partial charge is 0.478 e. The van der Waals surface area contributed by atoms with E-state index >= 15 is 0 Å². The number of nitrogens with zero attached hydrogens (tertiary/aromatic N) is 3. The molecule has 1 N–H and O–H groups in total. The summed E-state index contributed by atoms with van der Waals surface area (Å²) in [5, 5.41) is 0. The highest BCUT2D eigenvalue weighted by Crippen LogP contribution is 2.35. The maximum absolute atomic E-state index is 12.8. The van der Waals surface area contributed by atoms with Crippen molar-refractivity contribution in [3.05, 3.63) is 48.3 Å². The summed E-state index contributed by atoms with van der Waals surface area (Å²) in [6.45, 7) is 0.802. The van der Waals surface area contributed by atoms with Crippen molar-refractivity contribution in [2.75, 3.05) is 25.5 Å². The fourth-order valence-corrected chi connectivity index (χ4v) is 4.89. The Morgan fingerprint density at radius 2 is 1.56 bits per heavy atom. The number of halogens is 2. The van der Waals surface area contributed by atoms with E-state index < -0.39 is 43.9 Å². The first-order valence-corrected chi connectivity index (χ1v) is 12.3. The van der Waals surface area contributed by atoms with Gasteiger partial charge in [-0.05, 0) is 25.1 Å². The molecule has 11 nitrogen and oxygen atoms in total. The van der Waals surface area contributed by atoms with Crippen molar-refractivity contribution in [1.82, 2.24) is 13.9 Å². The summed E-state index contributed by atoms with van der Waals surface area (Å²) in [4.78, 5) is 7.18. The van der Waals surface area contributed by atoms with Crippen molar-refractivity contribution in [2.45, 2.75) is 23.1 Å². The molecule has 0 radical (unpaired) electrons. The Kier molecular flexibility index (Phi) is 7.26. The maximum Gasteiger partial charge on any atom is 0.272 e. The molecule has 34 heavy (non-hydrogen) atoms. The van der Waals surface area contributed by atoms with Crippen LogP contribution in [0.4, 0.5) is 14.7 Å². The molecular weight excluding hydrogens is 498 g/mol. The second-order valence-electron chi connectivity index (χ2n) is 6.70. The van der Waals surface area contributed by atoms with Crippen molar-refractivity contribution in [2.24, 2.45) is 0 Å². The van der Waals surface area contributed by atoms with Crippen LogP contribution < -0.4 is 18.9 Å². The number of aromatic nitrogens is 3. The molecule has 0 bridgehead atoms. The third kappa shape index (κ3) is 5.36. The van der Waals surface area contributed by atoms with Crippen LogP contribution >= 0.6 is 0 Å². The van der Waals surface area contributed by atoms with Gasteiger partial charge in [-0.1, -0.05) is 17.7 Å². The lowest BCUT2D eigenvalue weighted by Gasteiger charge is -2.14. The standard InChI is InChI=1S/C19H20F2N4O7S2/c1-12-4-6-13(7-5-12)34(28,29)25-9-8-14(10-25)33(26,27)24-19-22-17(30-2)16(18(23-19)31-3)32-11-15(20)21/h4-10,15H,11H2,1-3H3,(H,22,23,24). The van der Waals surface area contributed by atoms with Gasteiger partial charge < -0.3 is 14.2 Å². The van der Waals surface area contributed by atoms with E-state index in [-0.39, 0.29) is 22.4 Å². The number of ether oxygens (including phenoxy) is 3. The first kappa shape index (κ1) is 25.2. The SMILES string of the molecule is COc1nc(NS(=O)(=O)c2ccn(S(=O)(=O)c3ccc(C)cc3)c2)nc(OC)c1OCC(F)F. The fraction of sp³-hybridized carbons (Fsp3) is 0.263. The van der Waals surface area contributed by atoms with Crippen LogP contribution in [0.15, 0.2) is 52.5 Å². The smallest absolute Gasteiger partial charge is 0.272 e. The van der Waals surface area contributed by atoms with E-state index in [2.05, 4.69) is 14.7 Å². The molecule has 2 aromatic heterocycles. The van der Waals surface area contributed by atoms with Gasteiger partial charge in [-0.25, -0.2) is 34.3 Å². The van der Waals surface area contributed by atoms with E-state index in [1.807, 2.05) is 0 Å². The van der Waals surface area contributed by atoms with Crippen LogP contribution in [-0.2, 0) is 20.0 Å². The lowest BCUT2D eigenvalue weighted by atomic mass is 10.2. The Bertz CT molecular complexity index is 1350. The minimum atomic E-state index is -4.36. The second-order valence-corrected chi connectivity index (χ2v) is 10.2. The molecule has 0 saturated carbocycles. The molecule has 0 saturated heterocycles. The van der Waals surface area contributed by atoms with Crippen molar-refractivity contribution >= 4 is 26.0 Å². The number of benzene rings is 1. The number of methoxy groups -OCH3 is 2. The molecule has 0 aliphatic heterocycles. The average molecular weight is 519 g/mol. The summed E-state index contributed by atoms with van der Waals surface area (Å²) in [6, 6.07) is 7.11. The van der Waals surface area contributed by atoms with Gasteiger partial charge in [-0.15, -0.1) is 0 Å². The number of hydrogen-bond donors (Lipinski definition) is 1. The van der Waals surface area contributed by atoms with Crippen LogP contribution in [0.2, 0.25) is 0 Å². The highest BCUT2D eigenvalue weighted by atomic mass is 32.2. The van der Waals surface area contributed by atoms with E-state index in [1.165, 1.54) is 12.1 Å². The summed E-state index contributed by atoms with van der Waals surface area (Å²) in [7, 11) is -6.08. The number of sulfonamides is 1. The molecule has 0 amide bonds. The number of rotatable bonds is 10. The molecule has 0 aliphatic rings. The third-order valence-corrected chi connectivity index (χ3v) is 7.28. The van der Waals surface area contributed by atoms with Gasteiger partial charge in [-0.2, -0.15) is 9.97 Å². The highest BCUT2D eigenvalue weighted by molar-refractivity contribution is 7.93. The molecule has 184 valence electrons. The minimum Gasteiger partial charge on any atom is -0.478 e. The van der Waals surface area contributed by atoms with Crippen LogP contribution in [0.1, 0.15) is 5.56 Å². The van der Waals surface area contributed by atoms with E-state index in [1.54, 1.807) is 19.1 Å². The molecule has 2 heterocycles. The minimum absolute atomic E-state index is 0.0252. The van der Waals surface area contributed by atoms with Gasteiger partial charge in [0.25, 0.3) is 38.2 Å². The topological polar surface area (TPSA) is 139 Å². The number of aryl methyl sites for hydroxylation is 1. The maximum atomic E-state index is 12.8. The fourth-order valence-electron chi connectivity index (χ4n) is 2.68. The summed E-state index contributed by atoms with van der Waals surface area (Å²) in [5.74, 6) is -1.58. The van der Waals surface area contributed by atoms with Crippen molar-refractivity contribution in [3.8, 4) is 17.5 Å². The molecule has 3 rings (SSSR count). The number of hydrogen-bond acceptors (Lipinski definition) is 9. The predicted octanol–water partition coefficient (Wildman–Crippen LogP) is 2.29. The highest BCUT2D eigenvalue weighted by Gasteiger charge is 2.25. The van der Waals surface area contributed by atoms with Crippen LogP contribution in [-0.4, -0.2) is 58.0 Å². The molecule has 0 unspecified atom stereocenters. The number of anilines is 1. The van der Waals surface area contributed by atoms with E-state index in [9.17, 15) is 25.6 Å². The van der Waals surface area contributed by atoms with Gasteiger partial charge in [0.1, 0.15) is 11.5 Å². The molecule has 0 aliphatic carbocycles. The van der Waals surface area contributed by atoms with E-state index in [4.69, 9.17) is 14.2 Å². The predicted molar refractivity (Wildman–Crippen MR) is 116 cm³/mol. The van der Waals surface area contributed by atoms with Gasteiger partial charge in [0.05, 0.1) is 19.1 Å². The number of nitrogens with one attached hydrogen (secondary N) is 1. The van der Waals surface area contributed by atoms with Crippen LogP contribution in [0.5, 0.6) is 17.5 Å². The molecular formula is C19H20F2N4O7S2. The van der Waals surface area contributed by atoms with Gasteiger partial charge in [-0.3, -0.25) is 0 Å². The zero-order valence-electron chi connectivity index (χ0n) is 18.1. The Morgan fingerprint density at radius 1 is 0.971 bits per heavy atom. The number of alkyl halides is 2. The monoisotopic (exact) mass is 518 g/mol. The Labute approximate surface area is 194 Å². The summed E-state index contributed by atoms with van der Waals surface area (Å²) in [5.41, 5.74) is 0.857. The first-order valence-electron chi connectivity index (χ1n) is 9.42. The summed E-state index contributed by atoms with van der Waals surface area (Å²) in [6.07, 6.45) is -0.813. The average Bonchev–Trinajstić information content (AvgIpc) is 3.30. The Balaban J connectivity index is 1.91. The van der Waals surface area contributed by atoms with Crippen molar-refractivity contribution in [3.63, 3.8) is 0 Å². The summed E-state index contributed by atoms with van der Waals surface area (Å²) < 4.78 is 93.9. The van der Waals surface area contributed by atoms with E-state index in [0.717, 1.165) is 42.2 Å².